The predicted octanol–water partition coefficient (Wildman–Crippen LogP) is 3.13. The van der Waals surface area contributed by atoms with Crippen LogP contribution in [0.1, 0.15) is 44.3 Å². The Hall–Kier alpha value is -1.13. The van der Waals surface area contributed by atoms with Gasteiger partial charge in [-0.2, -0.15) is 0 Å². The number of halogens is 1. The molecule has 2 unspecified atom stereocenters. The van der Waals surface area contributed by atoms with Gasteiger partial charge < -0.3 is 14.7 Å². The van der Waals surface area contributed by atoms with Gasteiger partial charge >= 0.3 is 0 Å². The average molecular weight is 281 g/mol. The van der Waals surface area contributed by atoms with Gasteiger partial charge in [-0.1, -0.05) is 13.0 Å². The van der Waals surface area contributed by atoms with Crippen LogP contribution in [0.5, 0.6) is 5.75 Å². The second-order valence-electron chi connectivity index (χ2n) is 5.40. The second kappa shape index (κ2) is 7.04. The SMILES string of the molecule is CCC1CCCN1CCC(O)c1c(F)cccc1OC. The van der Waals surface area contributed by atoms with Gasteiger partial charge in [0.05, 0.1) is 18.8 Å². The van der Waals surface area contributed by atoms with Gasteiger partial charge in [0.1, 0.15) is 11.6 Å². The van der Waals surface area contributed by atoms with Crippen molar-refractivity contribution in [3.05, 3.63) is 29.6 Å². The van der Waals surface area contributed by atoms with E-state index in [1.807, 2.05) is 0 Å². The summed E-state index contributed by atoms with van der Waals surface area (Å²) in [4.78, 5) is 2.40. The molecule has 1 aromatic rings. The first-order valence-electron chi connectivity index (χ1n) is 7.41. The maximum atomic E-state index is 13.9. The van der Waals surface area contributed by atoms with E-state index < -0.39 is 11.9 Å². The molecule has 0 bridgehead atoms. The molecule has 1 heterocycles. The normalized spacial score (nSPS) is 21.1. The Balaban J connectivity index is 2.00. The van der Waals surface area contributed by atoms with Crippen LogP contribution in [0.2, 0.25) is 0 Å². The molecule has 1 N–H and O–H groups in total. The monoisotopic (exact) mass is 281 g/mol. The van der Waals surface area contributed by atoms with Gasteiger partial charge in [-0.15, -0.1) is 0 Å². The Kier molecular flexibility index (Phi) is 5.38. The minimum atomic E-state index is -0.816. The molecule has 2 atom stereocenters. The number of aliphatic hydroxyl groups is 1. The molecule has 1 aliphatic heterocycles. The van der Waals surface area contributed by atoms with Crippen LogP contribution in [-0.4, -0.2) is 36.2 Å². The van der Waals surface area contributed by atoms with Gasteiger partial charge in [0, 0.05) is 12.6 Å². The van der Waals surface area contributed by atoms with Crippen LogP contribution in [0.4, 0.5) is 4.39 Å². The summed E-state index contributed by atoms with van der Waals surface area (Å²) in [5, 5.41) is 10.3. The van der Waals surface area contributed by atoms with Crippen molar-refractivity contribution in [2.75, 3.05) is 20.2 Å². The van der Waals surface area contributed by atoms with Crippen LogP contribution < -0.4 is 4.74 Å². The predicted molar refractivity (Wildman–Crippen MR) is 77.4 cm³/mol. The lowest BCUT2D eigenvalue weighted by molar-refractivity contribution is 0.130. The van der Waals surface area contributed by atoms with Crippen LogP contribution in [0, 0.1) is 5.82 Å². The fourth-order valence-corrected chi connectivity index (χ4v) is 3.10. The standard InChI is InChI=1S/C16H24FNO2/c1-3-12-6-5-10-18(12)11-9-14(19)16-13(17)7-4-8-15(16)20-2/h4,7-8,12,14,19H,3,5-6,9-11H2,1-2H3. The summed E-state index contributed by atoms with van der Waals surface area (Å²) in [5.74, 6) is 0.0243. The maximum absolute atomic E-state index is 13.9. The Morgan fingerprint density at radius 2 is 2.30 bits per heavy atom. The quantitative estimate of drug-likeness (QED) is 0.869. The number of benzene rings is 1. The summed E-state index contributed by atoms with van der Waals surface area (Å²) in [7, 11) is 1.50. The first-order valence-corrected chi connectivity index (χ1v) is 7.41. The molecule has 1 fully saturated rings. The van der Waals surface area contributed by atoms with Crippen molar-refractivity contribution >= 4 is 0 Å². The number of hydrogen-bond donors (Lipinski definition) is 1. The topological polar surface area (TPSA) is 32.7 Å². The summed E-state index contributed by atoms with van der Waals surface area (Å²) in [5.41, 5.74) is 0.280. The van der Waals surface area contributed by atoms with Crippen LogP contribution in [-0.2, 0) is 0 Å². The highest BCUT2D eigenvalue weighted by atomic mass is 19.1. The molecule has 20 heavy (non-hydrogen) atoms. The lowest BCUT2D eigenvalue weighted by atomic mass is 10.0. The molecule has 0 saturated carbocycles. The third kappa shape index (κ3) is 3.30. The first-order chi connectivity index (χ1) is 9.67. The number of hydrogen-bond acceptors (Lipinski definition) is 3. The van der Waals surface area contributed by atoms with Gasteiger partial charge in [0.25, 0.3) is 0 Å². The van der Waals surface area contributed by atoms with Crippen molar-refractivity contribution in [1.29, 1.82) is 0 Å². The number of likely N-dealkylation sites (tertiary alicyclic amines) is 1. The van der Waals surface area contributed by atoms with Gasteiger partial charge in [-0.25, -0.2) is 4.39 Å². The molecule has 0 radical (unpaired) electrons. The van der Waals surface area contributed by atoms with E-state index in [-0.39, 0.29) is 5.56 Å². The van der Waals surface area contributed by atoms with Crippen molar-refractivity contribution in [2.45, 2.75) is 44.8 Å². The number of nitrogens with zero attached hydrogens (tertiary/aromatic N) is 1. The van der Waals surface area contributed by atoms with E-state index in [2.05, 4.69) is 11.8 Å². The third-order valence-electron chi connectivity index (χ3n) is 4.23. The molecular formula is C16H24FNO2. The molecule has 1 aliphatic rings. The fourth-order valence-electron chi connectivity index (χ4n) is 3.10. The maximum Gasteiger partial charge on any atom is 0.132 e. The van der Waals surface area contributed by atoms with E-state index in [1.54, 1.807) is 12.1 Å². The van der Waals surface area contributed by atoms with E-state index in [9.17, 15) is 9.50 Å². The summed E-state index contributed by atoms with van der Waals surface area (Å²) in [6.07, 6.45) is 3.31. The Labute approximate surface area is 120 Å². The molecule has 0 aliphatic carbocycles. The summed E-state index contributed by atoms with van der Waals surface area (Å²) >= 11 is 0. The lowest BCUT2D eigenvalue weighted by Gasteiger charge is -2.25. The highest BCUT2D eigenvalue weighted by molar-refractivity contribution is 5.36. The van der Waals surface area contributed by atoms with E-state index in [0.717, 1.165) is 19.5 Å². The van der Waals surface area contributed by atoms with Gasteiger partial charge in [-0.05, 0) is 44.4 Å². The minimum Gasteiger partial charge on any atom is -0.496 e. The molecular weight excluding hydrogens is 257 g/mol. The molecule has 1 aromatic carbocycles. The molecule has 0 aromatic heterocycles. The van der Waals surface area contributed by atoms with Crippen LogP contribution in [0.15, 0.2) is 18.2 Å². The Morgan fingerprint density at radius 1 is 1.50 bits per heavy atom. The fraction of sp³-hybridized carbons (Fsp3) is 0.625. The largest absolute Gasteiger partial charge is 0.496 e. The van der Waals surface area contributed by atoms with Crippen molar-refractivity contribution in [3.8, 4) is 5.75 Å². The van der Waals surface area contributed by atoms with E-state index in [0.29, 0.717) is 18.2 Å². The minimum absolute atomic E-state index is 0.280. The second-order valence-corrected chi connectivity index (χ2v) is 5.40. The zero-order valence-corrected chi connectivity index (χ0v) is 12.3. The van der Waals surface area contributed by atoms with Gasteiger partial charge in [-0.3, -0.25) is 0 Å². The molecule has 4 heteroatoms. The highest BCUT2D eigenvalue weighted by Gasteiger charge is 2.24. The zero-order chi connectivity index (χ0) is 14.5. The van der Waals surface area contributed by atoms with Gasteiger partial charge in [0.2, 0.25) is 0 Å². The van der Waals surface area contributed by atoms with Crippen LogP contribution >= 0.6 is 0 Å². The number of ether oxygens (including phenoxy) is 1. The highest BCUT2D eigenvalue weighted by Crippen LogP contribution is 2.30. The Morgan fingerprint density at radius 3 is 3.00 bits per heavy atom. The van der Waals surface area contributed by atoms with E-state index in [4.69, 9.17) is 4.74 Å². The van der Waals surface area contributed by atoms with Crippen LogP contribution in [0.25, 0.3) is 0 Å². The van der Waals surface area contributed by atoms with Crippen molar-refractivity contribution in [3.63, 3.8) is 0 Å². The molecule has 112 valence electrons. The number of aliphatic hydroxyl groups excluding tert-OH is 1. The van der Waals surface area contributed by atoms with Crippen molar-refractivity contribution in [1.82, 2.24) is 4.90 Å². The summed E-state index contributed by atoms with van der Waals surface area (Å²) in [6, 6.07) is 5.26. The summed E-state index contributed by atoms with van der Waals surface area (Å²) < 4.78 is 19.0. The molecule has 0 amide bonds. The lowest BCUT2D eigenvalue weighted by Crippen LogP contribution is -2.30. The molecule has 2 rings (SSSR count). The molecule has 1 saturated heterocycles. The number of rotatable bonds is 6. The average Bonchev–Trinajstić information content (AvgIpc) is 2.91. The van der Waals surface area contributed by atoms with Crippen molar-refractivity contribution < 1.29 is 14.2 Å². The van der Waals surface area contributed by atoms with E-state index >= 15 is 0 Å². The first kappa shape index (κ1) is 15.3. The zero-order valence-electron chi connectivity index (χ0n) is 12.3. The van der Waals surface area contributed by atoms with Gasteiger partial charge in [0.15, 0.2) is 0 Å². The third-order valence-corrected chi connectivity index (χ3v) is 4.23. The van der Waals surface area contributed by atoms with Crippen LogP contribution in [0.3, 0.4) is 0 Å². The van der Waals surface area contributed by atoms with E-state index in [1.165, 1.54) is 26.0 Å². The summed E-state index contributed by atoms with van der Waals surface area (Å²) in [6.45, 7) is 4.08. The number of methoxy groups -OCH3 is 1. The Bertz CT molecular complexity index is 438. The molecule has 3 nitrogen and oxygen atoms in total. The van der Waals surface area contributed by atoms with Crippen molar-refractivity contribution in [2.24, 2.45) is 0 Å². The smallest absolute Gasteiger partial charge is 0.132 e. The molecule has 0 spiro atoms.